The van der Waals surface area contributed by atoms with Gasteiger partial charge in [-0.3, -0.25) is 9.59 Å². The zero-order valence-corrected chi connectivity index (χ0v) is 14.8. The number of nitrogens with one attached hydrogen (secondary N) is 1. The van der Waals surface area contributed by atoms with Gasteiger partial charge in [0.05, 0.1) is 13.0 Å². The van der Waals surface area contributed by atoms with Gasteiger partial charge in [0, 0.05) is 18.7 Å². The van der Waals surface area contributed by atoms with E-state index in [9.17, 15) is 14.4 Å². The molecule has 1 heterocycles. The predicted octanol–water partition coefficient (Wildman–Crippen LogP) is 1.72. The van der Waals surface area contributed by atoms with Gasteiger partial charge in [0.1, 0.15) is 5.54 Å². The first-order valence-electron chi connectivity index (χ1n) is 7.94. The molecule has 1 atom stereocenters. The van der Waals surface area contributed by atoms with Crippen molar-refractivity contribution in [2.45, 2.75) is 39.7 Å². The molecule has 2 rings (SSSR count). The molecule has 1 unspecified atom stereocenters. The zero-order chi connectivity index (χ0) is 18.1. The van der Waals surface area contributed by atoms with E-state index in [2.05, 4.69) is 10.1 Å². The number of esters is 1. The number of ether oxygens (including phenoxy) is 1. The number of hydrogen-bond acceptors (Lipinski definition) is 4. The summed E-state index contributed by atoms with van der Waals surface area (Å²) >= 11 is 0. The molecule has 6 nitrogen and oxygen atoms in total. The average molecular weight is 332 g/mol. The highest BCUT2D eigenvalue weighted by Crippen LogP contribution is 2.29. The van der Waals surface area contributed by atoms with Gasteiger partial charge in [0.15, 0.2) is 0 Å². The number of hydrogen-bond donors (Lipinski definition) is 1. The van der Waals surface area contributed by atoms with Crippen LogP contribution in [-0.2, 0) is 19.1 Å². The second-order valence-electron chi connectivity index (χ2n) is 6.73. The van der Waals surface area contributed by atoms with Crippen LogP contribution in [0.3, 0.4) is 0 Å². The van der Waals surface area contributed by atoms with Gasteiger partial charge >= 0.3 is 5.97 Å². The van der Waals surface area contributed by atoms with E-state index >= 15 is 0 Å². The van der Waals surface area contributed by atoms with Crippen LogP contribution in [0.25, 0.3) is 0 Å². The van der Waals surface area contributed by atoms with Crippen molar-refractivity contribution in [1.82, 2.24) is 5.32 Å². The van der Waals surface area contributed by atoms with Gasteiger partial charge in [-0.1, -0.05) is 12.1 Å². The number of rotatable bonds is 4. The number of carbonyl (C=O) groups excluding carboxylic acids is 3. The highest BCUT2D eigenvalue weighted by atomic mass is 16.5. The molecule has 1 aromatic rings. The number of carbonyl (C=O) groups is 3. The number of methoxy groups -OCH3 is 1. The third kappa shape index (κ3) is 3.42. The molecule has 1 aromatic carbocycles. The van der Waals surface area contributed by atoms with E-state index in [0.29, 0.717) is 6.54 Å². The minimum Gasteiger partial charge on any atom is -0.467 e. The Bertz CT molecular complexity index is 682. The third-order valence-corrected chi connectivity index (χ3v) is 4.49. The summed E-state index contributed by atoms with van der Waals surface area (Å²) in [4.78, 5) is 38.2. The fraction of sp³-hybridized carbons (Fsp3) is 0.500. The SMILES string of the molecule is COC(=O)C(C)(C)NC(=O)C1CC(=O)N(c2cccc(C)c2C)C1. The van der Waals surface area contributed by atoms with E-state index in [4.69, 9.17) is 0 Å². The Kier molecular flexibility index (Phi) is 4.96. The Morgan fingerprint density at radius 1 is 1.29 bits per heavy atom. The fourth-order valence-corrected chi connectivity index (χ4v) is 2.86. The lowest BCUT2D eigenvalue weighted by molar-refractivity contribution is -0.149. The lowest BCUT2D eigenvalue weighted by atomic mass is 10.0. The van der Waals surface area contributed by atoms with Crippen LogP contribution in [0.2, 0.25) is 0 Å². The van der Waals surface area contributed by atoms with E-state index in [1.54, 1.807) is 18.7 Å². The number of nitrogens with zero attached hydrogens (tertiary/aromatic N) is 1. The van der Waals surface area contributed by atoms with Crippen molar-refractivity contribution in [1.29, 1.82) is 0 Å². The standard InChI is InChI=1S/C18H24N2O4/c1-11-7-6-8-14(12(11)2)20-10-13(9-15(20)21)16(22)19-18(3,4)17(23)24-5/h6-8,13H,9-10H2,1-5H3,(H,19,22). The summed E-state index contributed by atoms with van der Waals surface area (Å²) in [7, 11) is 1.28. The number of aryl methyl sites for hydroxylation is 1. The minimum absolute atomic E-state index is 0.0836. The lowest BCUT2D eigenvalue weighted by Gasteiger charge is -2.25. The molecule has 24 heavy (non-hydrogen) atoms. The van der Waals surface area contributed by atoms with Crippen molar-refractivity contribution in [3.05, 3.63) is 29.3 Å². The molecule has 130 valence electrons. The molecule has 0 aliphatic carbocycles. The first-order chi connectivity index (χ1) is 11.2. The number of anilines is 1. The molecule has 0 aromatic heterocycles. The maximum Gasteiger partial charge on any atom is 0.330 e. The molecule has 6 heteroatoms. The summed E-state index contributed by atoms with van der Waals surface area (Å²) in [5.74, 6) is -1.40. The van der Waals surface area contributed by atoms with Crippen molar-refractivity contribution in [3.63, 3.8) is 0 Å². The largest absolute Gasteiger partial charge is 0.467 e. The Hall–Kier alpha value is -2.37. The fourth-order valence-electron chi connectivity index (χ4n) is 2.86. The topological polar surface area (TPSA) is 75.7 Å². The second-order valence-corrected chi connectivity index (χ2v) is 6.73. The van der Waals surface area contributed by atoms with Crippen molar-refractivity contribution in [3.8, 4) is 0 Å². The monoisotopic (exact) mass is 332 g/mol. The van der Waals surface area contributed by atoms with E-state index in [1.165, 1.54) is 7.11 Å². The summed E-state index contributed by atoms with van der Waals surface area (Å²) in [6.45, 7) is 7.42. The van der Waals surface area contributed by atoms with Crippen LogP contribution in [0.4, 0.5) is 5.69 Å². The normalized spacial score (nSPS) is 17.8. The van der Waals surface area contributed by atoms with Crippen LogP contribution in [0.5, 0.6) is 0 Å². The van der Waals surface area contributed by atoms with Gasteiger partial charge in [-0.05, 0) is 44.9 Å². The lowest BCUT2D eigenvalue weighted by Crippen LogP contribution is -2.52. The van der Waals surface area contributed by atoms with Crippen LogP contribution in [0.15, 0.2) is 18.2 Å². The van der Waals surface area contributed by atoms with Crippen molar-refractivity contribution in [2.75, 3.05) is 18.6 Å². The Morgan fingerprint density at radius 2 is 1.96 bits per heavy atom. The summed E-state index contributed by atoms with van der Waals surface area (Å²) < 4.78 is 4.69. The molecule has 1 saturated heterocycles. The summed E-state index contributed by atoms with van der Waals surface area (Å²) in [5, 5.41) is 2.68. The van der Waals surface area contributed by atoms with Crippen molar-refractivity contribution in [2.24, 2.45) is 5.92 Å². The molecule has 0 radical (unpaired) electrons. The van der Waals surface area contributed by atoms with Gasteiger partial charge < -0.3 is 15.0 Å². The first-order valence-corrected chi connectivity index (χ1v) is 7.94. The van der Waals surface area contributed by atoms with Crippen LogP contribution in [0.1, 0.15) is 31.4 Å². The summed E-state index contributed by atoms with van der Waals surface area (Å²) in [6, 6.07) is 5.78. The molecule has 0 spiro atoms. The molecule has 2 amide bonds. The van der Waals surface area contributed by atoms with Gasteiger partial charge in [0.2, 0.25) is 11.8 Å². The van der Waals surface area contributed by atoms with Gasteiger partial charge in [0.25, 0.3) is 0 Å². The van der Waals surface area contributed by atoms with E-state index in [0.717, 1.165) is 16.8 Å². The summed E-state index contributed by atoms with van der Waals surface area (Å²) in [5.41, 5.74) is 1.84. The third-order valence-electron chi connectivity index (χ3n) is 4.49. The number of benzene rings is 1. The molecular weight excluding hydrogens is 308 g/mol. The van der Waals surface area contributed by atoms with Gasteiger partial charge in [-0.15, -0.1) is 0 Å². The highest BCUT2D eigenvalue weighted by molar-refractivity contribution is 6.01. The van der Waals surface area contributed by atoms with E-state index < -0.39 is 17.4 Å². The average Bonchev–Trinajstić information content (AvgIpc) is 2.90. The smallest absolute Gasteiger partial charge is 0.330 e. The molecule has 0 saturated carbocycles. The molecule has 1 fully saturated rings. The van der Waals surface area contributed by atoms with E-state index in [1.807, 2.05) is 32.0 Å². The Morgan fingerprint density at radius 3 is 2.58 bits per heavy atom. The van der Waals surface area contributed by atoms with Crippen LogP contribution >= 0.6 is 0 Å². The van der Waals surface area contributed by atoms with Crippen molar-refractivity contribution < 1.29 is 19.1 Å². The van der Waals surface area contributed by atoms with Crippen LogP contribution in [0, 0.1) is 19.8 Å². The highest BCUT2D eigenvalue weighted by Gasteiger charge is 2.39. The van der Waals surface area contributed by atoms with Crippen LogP contribution < -0.4 is 10.2 Å². The van der Waals surface area contributed by atoms with Crippen LogP contribution in [-0.4, -0.2) is 37.0 Å². The predicted molar refractivity (Wildman–Crippen MR) is 90.6 cm³/mol. The van der Waals surface area contributed by atoms with E-state index in [-0.39, 0.29) is 18.2 Å². The Labute approximate surface area is 142 Å². The Balaban J connectivity index is 2.13. The molecule has 1 aliphatic rings. The molecule has 1 aliphatic heterocycles. The maximum absolute atomic E-state index is 12.5. The first kappa shape index (κ1) is 18.0. The van der Waals surface area contributed by atoms with Gasteiger partial charge in [-0.25, -0.2) is 4.79 Å². The molecular formula is C18H24N2O4. The minimum atomic E-state index is -1.12. The second kappa shape index (κ2) is 6.63. The van der Waals surface area contributed by atoms with Crippen molar-refractivity contribution >= 4 is 23.5 Å². The molecule has 0 bridgehead atoms. The summed E-state index contributed by atoms with van der Waals surface area (Å²) in [6.07, 6.45) is 0.135. The van der Waals surface area contributed by atoms with Gasteiger partial charge in [-0.2, -0.15) is 0 Å². The zero-order valence-electron chi connectivity index (χ0n) is 14.8. The maximum atomic E-state index is 12.5. The molecule has 1 N–H and O–H groups in total. The quantitative estimate of drug-likeness (QED) is 0.852. The number of amides is 2.